The number of ketones is 1. The summed E-state index contributed by atoms with van der Waals surface area (Å²) in [6.45, 7) is 8.60. The molecule has 0 bridgehead atoms. The number of hydrogen-bond donors (Lipinski definition) is 2. The minimum absolute atomic E-state index is 0.156. The highest BCUT2D eigenvalue weighted by Crippen LogP contribution is 2.26. The fourth-order valence-corrected chi connectivity index (χ4v) is 3.78. The van der Waals surface area contributed by atoms with E-state index in [-0.39, 0.29) is 17.7 Å². The number of H-pyrrole nitrogens is 1. The van der Waals surface area contributed by atoms with Crippen molar-refractivity contribution >= 4 is 23.7 Å². The Hall–Kier alpha value is -2.64. The molecule has 0 radical (unpaired) electrons. The monoisotopic (exact) mass is 405 g/mol. The SMILES string of the molecule is CCCCCC[C@]1(C)NC(=O)N(CC(=O)c2c(C)[nH]c(C)c2C(=O)OCC)C1=O. The summed E-state index contributed by atoms with van der Waals surface area (Å²) < 4.78 is 5.05. The fraction of sp³-hybridized carbons (Fsp3) is 0.619. The summed E-state index contributed by atoms with van der Waals surface area (Å²) in [6.07, 6.45) is 4.48. The summed E-state index contributed by atoms with van der Waals surface area (Å²) >= 11 is 0. The molecule has 0 spiro atoms. The first-order valence-corrected chi connectivity index (χ1v) is 10.2. The van der Waals surface area contributed by atoms with Crippen LogP contribution < -0.4 is 5.32 Å². The zero-order valence-electron chi connectivity index (χ0n) is 17.9. The number of hydrogen-bond acceptors (Lipinski definition) is 5. The van der Waals surface area contributed by atoms with E-state index in [0.717, 1.165) is 30.6 Å². The van der Waals surface area contributed by atoms with Gasteiger partial charge >= 0.3 is 12.0 Å². The number of aromatic nitrogens is 1. The molecular weight excluding hydrogens is 374 g/mol. The molecule has 1 aromatic rings. The molecule has 2 N–H and O–H groups in total. The third-order valence-corrected chi connectivity index (χ3v) is 5.31. The van der Waals surface area contributed by atoms with E-state index in [2.05, 4.69) is 17.2 Å². The van der Waals surface area contributed by atoms with Crippen LogP contribution in [0.5, 0.6) is 0 Å². The Kier molecular flexibility index (Phi) is 7.21. The molecule has 2 rings (SSSR count). The maximum atomic E-state index is 13.0. The average molecular weight is 405 g/mol. The van der Waals surface area contributed by atoms with Gasteiger partial charge in [-0.25, -0.2) is 9.59 Å². The van der Waals surface area contributed by atoms with E-state index in [0.29, 0.717) is 17.8 Å². The molecular formula is C21H31N3O5. The van der Waals surface area contributed by atoms with Crippen LogP contribution >= 0.6 is 0 Å². The highest BCUT2D eigenvalue weighted by atomic mass is 16.5. The Morgan fingerprint density at radius 2 is 1.69 bits per heavy atom. The molecule has 1 aromatic heterocycles. The van der Waals surface area contributed by atoms with Gasteiger partial charge in [0.2, 0.25) is 0 Å². The first-order valence-electron chi connectivity index (χ1n) is 10.2. The summed E-state index contributed by atoms with van der Waals surface area (Å²) in [7, 11) is 0. The van der Waals surface area contributed by atoms with E-state index in [1.165, 1.54) is 0 Å². The lowest BCUT2D eigenvalue weighted by atomic mass is 9.94. The van der Waals surface area contributed by atoms with Crippen molar-refractivity contribution < 1.29 is 23.9 Å². The van der Waals surface area contributed by atoms with Crippen LogP contribution in [0.15, 0.2) is 0 Å². The van der Waals surface area contributed by atoms with Crippen molar-refractivity contribution in [3.8, 4) is 0 Å². The molecule has 0 unspecified atom stereocenters. The number of unbranched alkanes of at least 4 members (excludes halogenated alkanes) is 3. The zero-order valence-corrected chi connectivity index (χ0v) is 17.9. The molecule has 1 aliphatic heterocycles. The van der Waals surface area contributed by atoms with Crippen LogP contribution in [0.25, 0.3) is 0 Å². The van der Waals surface area contributed by atoms with Crippen LogP contribution in [-0.4, -0.2) is 52.3 Å². The number of amides is 3. The number of carbonyl (C=O) groups excluding carboxylic acids is 4. The maximum absolute atomic E-state index is 13.0. The molecule has 1 atom stereocenters. The lowest BCUT2D eigenvalue weighted by Crippen LogP contribution is -2.44. The third kappa shape index (κ3) is 4.68. The molecule has 160 valence electrons. The number of Topliss-reactive ketones (excluding diaryl/α,β-unsaturated/α-hetero) is 1. The van der Waals surface area contributed by atoms with Crippen LogP contribution in [0.4, 0.5) is 4.79 Å². The van der Waals surface area contributed by atoms with Crippen LogP contribution in [0.1, 0.15) is 85.0 Å². The van der Waals surface area contributed by atoms with E-state index < -0.39 is 35.8 Å². The van der Waals surface area contributed by atoms with E-state index in [4.69, 9.17) is 4.74 Å². The predicted octanol–water partition coefficient (Wildman–Crippen LogP) is 3.27. The molecule has 29 heavy (non-hydrogen) atoms. The second-order valence-electron chi connectivity index (χ2n) is 7.73. The van der Waals surface area contributed by atoms with Gasteiger partial charge in [0.15, 0.2) is 5.78 Å². The normalized spacial score (nSPS) is 18.9. The van der Waals surface area contributed by atoms with Gasteiger partial charge in [0.1, 0.15) is 5.54 Å². The van der Waals surface area contributed by atoms with E-state index in [9.17, 15) is 19.2 Å². The van der Waals surface area contributed by atoms with Gasteiger partial charge in [-0.3, -0.25) is 14.5 Å². The second kappa shape index (κ2) is 9.24. The van der Waals surface area contributed by atoms with Crippen molar-refractivity contribution in [2.24, 2.45) is 0 Å². The van der Waals surface area contributed by atoms with Crippen LogP contribution in [0.3, 0.4) is 0 Å². The van der Waals surface area contributed by atoms with Crippen molar-refractivity contribution in [3.05, 3.63) is 22.5 Å². The second-order valence-corrected chi connectivity index (χ2v) is 7.73. The molecule has 8 nitrogen and oxygen atoms in total. The average Bonchev–Trinajstić information content (AvgIpc) is 3.06. The van der Waals surface area contributed by atoms with Crippen molar-refractivity contribution in [1.82, 2.24) is 15.2 Å². The minimum Gasteiger partial charge on any atom is -0.462 e. The Bertz CT molecular complexity index is 813. The molecule has 0 aromatic carbocycles. The molecule has 1 saturated heterocycles. The first-order chi connectivity index (χ1) is 13.7. The van der Waals surface area contributed by atoms with Crippen molar-refractivity contribution in [1.29, 1.82) is 0 Å². The summed E-state index contributed by atoms with van der Waals surface area (Å²) in [5, 5.41) is 2.73. The van der Waals surface area contributed by atoms with Gasteiger partial charge in [-0.05, 0) is 34.1 Å². The maximum Gasteiger partial charge on any atom is 0.340 e. The van der Waals surface area contributed by atoms with Gasteiger partial charge in [0.25, 0.3) is 5.91 Å². The number of esters is 1. The van der Waals surface area contributed by atoms with Crippen molar-refractivity contribution in [3.63, 3.8) is 0 Å². The molecule has 3 amide bonds. The number of aryl methyl sites for hydroxylation is 2. The molecule has 8 heteroatoms. The summed E-state index contributed by atoms with van der Waals surface area (Å²) in [4.78, 5) is 54.5. The summed E-state index contributed by atoms with van der Waals surface area (Å²) in [5.41, 5.74) is 0.340. The number of aromatic amines is 1. The smallest absolute Gasteiger partial charge is 0.340 e. The van der Waals surface area contributed by atoms with Gasteiger partial charge in [-0.1, -0.05) is 32.6 Å². The third-order valence-electron chi connectivity index (χ3n) is 5.31. The minimum atomic E-state index is -1.00. The quantitative estimate of drug-likeness (QED) is 0.269. The fourth-order valence-electron chi connectivity index (χ4n) is 3.78. The van der Waals surface area contributed by atoms with E-state index >= 15 is 0 Å². The Balaban J connectivity index is 2.18. The number of ether oxygens (including phenoxy) is 1. The predicted molar refractivity (Wildman–Crippen MR) is 108 cm³/mol. The van der Waals surface area contributed by atoms with Gasteiger partial charge in [0, 0.05) is 11.4 Å². The van der Waals surface area contributed by atoms with Gasteiger partial charge in [0.05, 0.1) is 24.3 Å². The number of nitrogens with one attached hydrogen (secondary N) is 2. The molecule has 1 fully saturated rings. The number of imide groups is 1. The van der Waals surface area contributed by atoms with Gasteiger partial charge < -0.3 is 15.0 Å². The lowest BCUT2D eigenvalue weighted by molar-refractivity contribution is -0.130. The lowest BCUT2D eigenvalue weighted by Gasteiger charge is -2.21. The zero-order chi connectivity index (χ0) is 21.8. The largest absolute Gasteiger partial charge is 0.462 e. The molecule has 2 heterocycles. The van der Waals surface area contributed by atoms with Crippen LogP contribution in [-0.2, 0) is 9.53 Å². The highest BCUT2D eigenvalue weighted by Gasteiger charge is 2.48. The topological polar surface area (TPSA) is 109 Å². The summed E-state index contributed by atoms with van der Waals surface area (Å²) in [6, 6.07) is -0.580. The Morgan fingerprint density at radius 3 is 2.31 bits per heavy atom. The number of rotatable bonds is 10. The van der Waals surface area contributed by atoms with E-state index in [1.54, 1.807) is 27.7 Å². The van der Waals surface area contributed by atoms with E-state index in [1.807, 2.05) is 0 Å². The number of carbonyl (C=O) groups is 4. The Morgan fingerprint density at radius 1 is 1.03 bits per heavy atom. The summed E-state index contributed by atoms with van der Waals surface area (Å²) in [5.74, 6) is -1.49. The molecule has 0 saturated carbocycles. The number of urea groups is 1. The van der Waals surface area contributed by atoms with Crippen molar-refractivity contribution in [2.45, 2.75) is 72.3 Å². The molecule has 0 aliphatic carbocycles. The number of nitrogens with zero attached hydrogens (tertiary/aromatic N) is 1. The van der Waals surface area contributed by atoms with Crippen LogP contribution in [0, 0.1) is 13.8 Å². The van der Waals surface area contributed by atoms with Gasteiger partial charge in [-0.15, -0.1) is 0 Å². The van der Waals surface area contributed by atoms with Gasteiger partial charge in [-0.2, -0.15) is 0 Å². The van der Waals surface area contributed by atoms with Crippen LogP contribution in [0.2, 0.25) is 0 Å². The molecule has 1 aliphatic rings. The Labute approximate surface area is 171 Å². The highest BCUT2D eigenvalue weighted by molar-refractivity contribution is 6.14. The van der Waals surface area contributed by atoms with Crippen molar-refractivity contribution in [2.75, 3.05) is 13.2 Å². The standard InChI is InChI=1S/C21H31N3O5/c1-6-8-9-10-11-21(5)19(27)24(20(28)23-21)12-15(25)16-13(3)22-14(4)17(16)18(26)29-7-2/h22H,6-12H2,1-5H3,(H,23,28)/t21-/m0/s1. The first kappa shape index (κ1) is 22.6.